The standard InChI is InChI=1S/C5H10ClNO2/c6-3-1-2-4-7-5(8)9/h7H,1-4H2,(H,8,9). The molecule has 0 fully saturated rings. The summed E-state index contributed by atoms with van der Waals surface area (Å²) in [4.78, 5) is 9.82. The normalized spacial score (nSPS) is 9.00. The lowest BCUT2D eigenvalue weighted by molar-refractivity contribution is 0.194. The van der Waals surface area contributed by atoms with Crippen molar-refractivity contribution in [2.75, 3.05) is 12.4 Å². The number of carboxylic acid groups (broad SMARTS) is 1. The van der Waals surface area contributed by atoms with Gasteiger partial charge in [0.2, 0.25) is 0 Å². The van der Waals surface area contributed by atoms with Crippen LogP contribution in [0.2, 0.25) is 0 Å². The average molecular weight is 152 g/mol. The first kappa shape index (κ1) is 8.56. The van der Waals surface area contributed by atoms with Crippen molar-refractivity contribution in [3.05, 3.63) is 0 Å². The van der Waals surface area contributed by atoms with Crippen LogP contribution in [0.25, 0.3) is 0 Å². The number of rotatable bonds is 4. The monoisotopic (exact) mass is 151 g/mol. The fraction of sp³-hybridized carbons (Fsp3) is 0.800. The van der Waals surface area contributed by atoms with Crippen LogP contribution in [0.5, 0.6) is 0 Å². The molecule has 0 rings (SSSR count). The van der Waals surface area contributed by atoms with Gasteiger partial charge in [0, 0.05) is 12.4 Å². The first-order valence-corrected chi connectivity index (χ1v) is 3.33. The van der Waals surface area contributed by atoms with Crippen LogP contribution in [-0.2, 0) is 0 Å². The second kappa shape index (κ2) is 5.69. The van der Waals surface area contributed by atoms with Crippen LogP contribution in [0.15, 0.2) is 0 Å². The fourth-order valence-corrected chi connectivity index (χ4v) is 0.604. The Morgan fingerprint density at radius 2 is 2.22 bits per heavy atom. The molecule has 0 saturated heterocycles. The van der Waals surface area contributed by atoms with E-state index >= 15 is 0 Å². The van der Waals surface area contributed by atoms with Gasteiger partial charge in [-0.3, -0.25) is 0 Å². The van der Waals surface area contributed by atoms with Crippen molar-refractivity contribution >= 4 is 17.7 Å². The van der Waals surface area contributed by atoms with Crippen molar-refractivity contribution < 1.29 is 9.90 Å². The molecule has 1 amide bonds. The molecule has 9 heavy (non-hydrogen) atoms. The minimum Gasteiger partial charge on any atom is -0.465 e. The molecule has 2 N–H and O–H groups in total. The molecule has 4 heteroatoms. The zero-order valence-electron chi connectivity index (χ0n) is 5.06. The van der Waals surface area contributed by atoms with Gasteiger partial charge in [0.15, 0.2) is 0 Å². The number of hydrogen-bond acceptors (Lipinski definition) is 1. The van der Waals surface area contributed by atoms with Crippen LogP contribution in [0.3, 0.4) is 0 Å². The highest BCUT2D eigenvalue weighted by Crippen LogP contribution is 1.88. The van der Waals surface area contributed by atoms with Gasteiger partial charge in [-0.15, -0.1) is 11.6 Å². The first-order valence-electron chi connectivity index (χ1n) is 2.80. The molecule has 0 saturated carbocycles. The predicted molar refractivity (Wildman–Crippen MR) is 36.0 cm³/mol. The van der Waals surface area contributed by atoms with Gasteiger partial charge in [0.05, 0.1) is 0 Å². The van der Waals surface area contributed by atoms with Gasteiger partial charge < -0.3 is 10.4 Å². The van der Waals surface area contributed by atoms with Gasteiger partial charge in [-0.1, -0.05) is 0 Å². The summed E-state index contributed by atoms with van der Waals surface area (Å²) >= 11 is 5.34. The zero-order valence-corrected chi connectivity index (χ0v) is 5.82. The molecule has 0 atom stereocenters. The van der Waals surface area contributed by atoms with Crippen LogP contribution >= 0.6 is 11.6 Å². The van der Waals surface area contributed by atoms with E-state index in [2.05, 4.69) is 5.32 Å². The Hall–Kier alpha value is -0.440. The van der Waals surface area contributed by atoms with Crippen molar-refractivity contribution in [3.8, 4) is 0 Å². The third-order valence-corrected chi connectivity index (χ3v) is 1.10. The van der Waals surface area contributed by atoms with Gasteiger partial charge in [-0.05, 0) is 12.8 Å². The molecule has 0 aliphatic heterocycles. The van der Waals surface area contributed by atoms with Crippen LogP contribution in [0, 0.1) is 0 Å². The quantitative estimate of drug-likeness (QED) is 0.470. The summed E-state index contributed by atoms with van der Waals surface area (Å²) in [7, 11) is 0. The SMILES string of the molecule is O=C(O)NCCCCCl. The highest BCUT2D eigenvalue weighted by atomic mass is 35.5. The third kappa shape index (κ3) is 7.56. The molecule has 0 bridgehead atoms. The van der Waals surface area contributed by atoms with Crippen LogP contribution in [0.4, 0.5) is 4.79 Å². The summed E-state index contributed by atoms with van der Waals surface area (Å²) < 4.78 is 0. The van der Waals surface area contributed by atoms with Crippen molar-refractivity contribution in [2.24, 2.45) is 0 Å². The molecule has 0 aliphatic carbocycles. The van der Waals surface area contributed by atoms with E-state index in [0.717, 1.165) is 12.8 Å². The highest BCUT2D eigenvalue weighted by Gasteiger charge is 1.90. The number of nitrogens with one attached hydrogen (secondary N) is 1. The van der Waals surface area contributed by atoms with Crippen LogP contribution in [0.1, 0.15) is 12.8 Å². The maximum absolute atomic E-state index is 9.82. The number of hydrogen-bond donors (Lipinski definition) is 2. The van der Waals surface area contributed by atoms with E-state index in [1.54, 1.807) is 0 Å². The van der Waals surface area contributed by atoms with Crippen molar-refractivity contribution in [1.82, 2.24) is 5.32 Å². The molecule has 0 aromatic carbocycles. The van der Waals surface area contributed by atoms with E-state index in [0.29, 0.717) is 12.4 Å². The number of alkyl halides is 1. The van der Waals surface area contributed by atoms with E-state index in [1.807, 2.05) is 0 Å². The molecule has 0 heterocycles. The maximum atomic E-state index is 9.82. The summed E-state index contributed by atoms with van der Waals surface area (Å²) in [6, 6.07) is 0. The van der Waals surface area contributed by atoms with E-state index in [4.69, 9.17) is 16.7 Å². The minimum absolute atomic E-state index is 0.502. The Morgan fingerprint density at radius 1 is 1.56 bits per heavy atom. The van der Waals surface area contributed by atoms with Crippen molar-refractivity contribution in [3.63, 3.8) is 0 Å². The summed E-state index contributed by atoms with van der Waals surface area (Å²) in [5.74, 6) is 0.599. The Kier molecular flexibility index (Phi) is 5.41. The van der Waals surface area contributed by atoms with E-state index in [9.17, 15) is 4.79 Å². The number of carbonyl (C=O) groups is 1. The highest BCUT2D eigenvalue weighted by molar-refractivity contribution is 6.17. The van der Waals surface area contributed by atoms with Gasteiger partial charge in [-0.25, -0.2) is 4.79 Å². The molecule has 0 unspecified atom stereocenters. The van der Waals surface area contributed by atoms with E-state index < -0.39 is 6.09 Å². The van der Waals surface area contributed by atoms with E-state index in [-0.39, 0.29) is 0 Å². The summed E-state index contributed by atoms with van der Waals surface area (Å²) in [5, 5.41) is 10.3. The van der Waals surface area contributed by atoms with Crippen molar-refractivity contribution in [2.45, 2.75) is 12.8 Å². The Labute approximate surface area is 59.0 Å². The van der Waals surface area contributed by atoms with Gasteiger partial charge >= 0.3 is 6.09 Å². The summed E-state index contributed by atoms with van der Waals surface area (Å²) in [5.41, 5.74) is 0. The second-order valence-electron chi connectivity index (χ2n) is 1.63. The predicted octanol–water partition coefficient (Wildman–Crippen LogP) is 1.27. The largest absolute Gasteiger partial charge is 0.465 e. The lowest BCUT2D eigenvalue weighted by atomic mass is 10.3. The minimum atomic E-state index is -0.968. The first-order chi connectivity index (χ1) is 4.27. The Morgan fingerprint density at radius 3 is 2.67 bits per heavy atom. The Bertz CT molecular complexity index is 87.0. The molecule has 0 radical (unpaired) electrons. The summed E-state index contributed by atoms with van der Waals surface area (Å²) in [6.45, 7) is 0.502. The number of amides is 1. The molecule has 0 spiro atoms. The van der Waals surface area contributed by atoms with E-state index in [1.165, 1.54) is 0 Å². The third-order valence-electron chi connectivity index (χ3n) is 0.837. The topological polar surface area (TPSA) is 49.3 Å². The molecule has 54 valence electrons. The lowest BCUT2D eigenvalue weighted by Crippen LogP contribution is -2.21. The number of unbranched alkanes of at least 4 members (excludes halogenated alkanes) is 1. The summed E-state index contributed by atoms with van der Waals surface area (Å²) in [6.07, 6.45) is 0.710. The second-order valence-corrected chi connectivity index (χ2v) is 2.01. The van der Waals surface area contributed by atoms with Crippen molar-refractivity contribution in [1.29, 1.82) is 0 Å². The lowest BCUT2D eigenvalue weighted by Gasteiger charge is -1.96. The van der Waals surface area contributed by atoms with Crippen LogP contribution < -0.4 is 5.32 Å². The molecule has 3 nitrogen and oxygen atoms in total. The molecular weight excluding hydrogens is 142 g/mol. The number of halogens is 1. The molecule has 0 aromatic heterocycles. The maximum Gasteiger partial charge on any atom is 0.404 e. The Balaban J connectivity index is 2.83. The van der Waals surface area contributed by atoms with Crippen LogP contribution in [-0.4, -0.2) is 23.6 Å². The molecular formula is C5H10ClNO2. The molecule has 0 aromatic rings. The fourth-order valence-electron chi connectivity index (χ4n) is 0.415. The van der Waals surface area contributed by atoms with Gasteiger partial charge in [0.1, 0.15) is 0 Å². The van der Waals surface area contributed by atoms with Gasteiger partial charge in [-0.2, -0.15) is 0 Å². The smallest absolute Gasteiger partial charge is 0.404 e. The molecule has 0 aliphatic rings. The average Bonchev–Trinajstić information content (AvgIpc) is 1.80. The van der Waals surface area contributed by atoms with Gasteiger partial charge in [0.25, 0.3) is 0 Å². The zero-order chi connectivity index (χ0) is 7.11.